The Labute approximate surface area is 162 Å². The van der Waals surface area contributed by atoms with Crippen molar-refractivity contribution in [3.63, 3.8) is 0 Å². The van der Waals surface area contributed by atoms with E-state index in [0.717, 1.165) is 12.1 Å². The minimum Gasteiger partial charge on any atom is -0.487 e. The van der Waals surface area contributed by atoms with Gasteiger partial charge in [0.1, 0.15) is 18.2 Å². The molecule has 1 atom stereocenters. The number of alkyl halides is 2. The molecule has 8 nitrogen and oxygen atoms in total. The Morgan fingerprint density at radius 1 is 1.31 bits per heavy atom. The monoisotopic (exact) mass is 409 g/mol. The molecule has 0 saturated heterocycles. The highest BCUT2D eigenvalue weighted by Gasteiger charge is 2.29. The minimum absolute atomic E-state index is 0.0210. The number of benzene rings is 2. The fourth-order valence-electron chi connectivity index (χ4n) is 2.56. The molecule has 2 aromatic rings. The molecule has 0 aliphatic carbocycles. The third-order valence-corrected chi connectivity index (χ3v) is 3.88. The van der Waals surface area contributed by atoms with E-state index in [-0.39, 0.29) is 17.9 Å². The molecule has 0 radical (unpaired) electrons. The topological polar surface area (TPSA) is 103 Å². The maximum absolute atomic E-state index is 13.0. The van der Waals surface area contributed by atoms with E-state index in [2.05, 4.69) is 10.5 Å². The fraction of sp³-hybridized carbons (Fsp3) is 0.222. The average molecular weight is 409 g/mol. The third kappa shape index (κ3) is 5.21. The van der Waals surface area contributed by atoms with Crippen molar-refractivity contribution in [1.29, 1.82) is 0 Å². The number of amides is 1. The molecular formula is C18H14F3N3O5. The predicted octanol–water partition coefficient (Wildman–Crippen LogP) is 3.51. The molecule has 1 N–H and O–H groups in total. The lowest BCUT2D eigenvalue weighted by molar-refractivity contribution is -0.384. The van der Waals surface area contributed by atoms with Gasteiger partial charge in [-0.15, -0.1) is 0 Å². The smallest absolute Gasteiger partial charge is 0.275 e. The van der Waals surface area contributed by atoms with Gasteiger partial charge in [-0.3, -0.25) is 14.9 Å². The van der Waals surface area contributed by atoms with Crippen LogP contribution in [0.5, 0.6) is 5.75 Å². The number of non-ortho nitro benzene ring substituents is 1. The summed E-state index contributed by atoms with van der Waals surface area (Å²) in [5.41, 5.74) is 0.555. The van der Waals surface area contributed by atoms with Gasteiger partial charge in [0.05, 0.1) is 22.4 Å². The number of hydrogen-bond acceptors (Lipinski definition) is 6. The third-order valence-electron chi connectivity index (χ3n) is 3.88. The summed E-state index contributed by atoms with van der Waals surface area (Å²) in [7, 11) is 0. The zero-order valence-corrected chi connectivity index (χ0v) is 14.7. The van der Waals surface area contributed by atoms with Gasteiger partial charge in [0.2, 0.25) is 6.10 Å². The van der Waals surface area contributed by atoms with Crippen molar-refractivity contribution in [3.05, 3.63) is 64.0 Å². The number of nitrogens with one attached hydrogen (secondary N) is 1. The van der Waals surface area contributed by atoms with E-state index in [9.17, 15) is 28.1 Å². The first-order chi connectivity index (χ1) is 13.8. The van der Waals surface area contributed by atoms with Crippen molar-refractivity contribution in [3.8, 4) is 5.75 Å². The number of ether oxygens (including phenoxy) is 1. The van der Waals surface area contributed by atoms with Gasteiger partial charge in [-0.2, -0.15) is 0 Å². The fourth-order valence-corrected chi connectivity index (χ4v) is 2.56. The SMILES string of the molecule is O=C(Nc1cc(OCC(F)F)cc([N+](=O)[O-])c1)C1CC(c2ccc(F)cc2)=NO1. The number of nitro groups is 1. The van der Waals surface area contributed by atoms with Crippen molar-refractivity contribution < 1.29 is 32.5 Å². The van der Waals surface area contributed by atoms with E-state index in [0.29, 0.717) is 11.3 Å². The van der Waals surface area contributed by atoms with Crippen LogP contribution in [0.4, 0.5) is 24.5 Å². The van der Waals surface area contributed by atoms with E-state index in [1.807, 2.05) is 0 Å². The van der Waals surface area contributed by atoms with E-state index in [4.69, 9.17) is 9.57 Å². The van der Waals surface area contributed by atoms with Crippen LogP contribution in [0.2, 0.25) is 0 Å². The lowest BCUT2D eigenvalue weighted by atomic mass is 10.0. The van der Waals surface area contributed by atoms with Crippen molar-refractivity contribution in [1.82, 2.24) is 0 Å². The summed E-state index contributed by atoms with van der Waals surface area (Å²) >= 11 is 0. The molecule has 1 amide bonds. The summed E-state index contributed by atoms with van der Waals surface area (Å²) in [4.78, 5) is 27.8. The second-order valence-corrected chi connectivity index (χ2v) is 6.01. The summed E-state index contributed by atoms with van der Waals surface area (Å²) in [6.45, 7) is -0.949. The number of oxime groups is 1. The standard InChI is InChI=1S/C18H14F3N3O5/c19-11-3-1-10(2-4-11)15-8-16(29-23-15)18(25)22-12-5-13(24(26)27)7-14(6-12)28-9-17(20)21/h1-7,16-17H,8-9H2,(H,22,25). The van der Waals surface area contributed by atoms with Gasteiger partial charge in [-0.25, -0.2) is 13.2 Å². The highest BCUT2D eigenvalue weighted by atomic mass is 19.3. The number of anilines is 1. The van der Waals surface area contributed by atoms with Crippen LogP contribution in [-0.4, -0.2) is 35.7 Å². The molecule has 0 bridgehead atoms. The zero-order valence-electron chi connectivity index (χ0n) is 14.7. The van der Waals surface area contributed by atoms with Gasteiger partial charge in [-0.1, -0.05) is 17.3 Å². The van der Waals surface area contributed by atoms with Crippen LogP contribution < -0.4 is 10.1 Å². The number of nitrogens with zero attached hydrogens (tertiary/aromatic N) is 2. The Kier molecular flexibility index (Phi) is 5.96. The summed E-state index contributed by atoms with van der Waals surface area (Å²) in [6, 6.07) is 8.69. The molecule has 29 heavy (non-hydrogen) atoms. The highest BCUT2D eigenvalue weighted by molar-refractivity contribution is 6.06. The van der Waals surface area contributed by atoms with Crippen molar-refractivity contribution >= 4 is 23.0 Å². The first-order valence-corrected chi connectivity index (χ1v) is 8.32. The van der Waals surface area contributed by atoms with E-state index >= 15 is 0 Å². The molecule has 2 aromatic carbocycles. The Bertz CT molecular complexity index is 950. The molecule has 0 aromatic heterocycles. The lowest BCUT2D eigenvalue weighted by Gasteiger charge is -2.11. The summed E-state index contributed by atoms with van der Waals surface area (Å²) in [5.74, 6) is -1.25. The second kappa shape index (κ2) is 8.59. The Morgan fingerprint density at radius 3 is 2.69 bits per heavy atom. The van der Waals surface area contributed by atoms with E-state index in [1.54, 1.807) is 0 Å². The van der Waals surface area contributed by atoms with Crippen LogP contribution in [0.15, 0.2) is 47.6 Å². The van der Waals surface area contributed by atoms with Crippen molar-refractivity contribution in [2.45, 2.75) is 19.0 Å². The van der Waals surface area contributed by atoms with Crippen LogP contribution in [0.3, 0.4) is 0 Å². The molecule has 1 unspecified atom stereocenters. The molecule has 0 saturated carbocycles. The number of carbonyl (C=O) groups excluding carboxylic acids is 1. The van der Waals surface area contributed by atoms with Gasteiger partial charge in [-0.05, 0) is 17.7 Å². The molecular weight excluding hydrogens is 395 g/mol. The van der Waals surface area contributed by atoms with Gasteiger partial charge in [0.15, 0.2) is 0 Å². The Balaban J connectivity index is 1.68. The molecule has 1 aliphatic rings. The molecule has 1 heterocycles. The summed E-state index contributed by atoms with van der Waals surface area (Å²) in [5, 5.41) is 17.3. The molecule has 3 rings (SSSR count). The number of halogens is 3. The molecule has 0 fully saturated rings. The Morgan fingerprint density at radius 2 is 2.03 bits per heavy atom. The molecule has 1 aliphatic heterocycles. The average Bonchev–Trinajstić information content (AvgIpc) is 3.17. The first kappa shape index (κ1) is 20.1. The van der Waals surface area contributed by atoms with E-state index < -0.39 is 41.5 Å². The van der Waals surface area contributed by atoms with Gasteiger partial charge in [0.25, 0.3) is 18.0 Å². The van der Waals surface area contributed by atoms with Gasteiger partial charge in [0, 0.05) is 18.6 Å². The number of rotatable bonds is 7. The van der Waals surface area contributed by atoms with Crippen LogP contribution in [-0.2, 0) is 9.63 Å². The van der Waals surface area contributed by atoms with Crippen LogP contribution in [0.25, 0.3) is 0 Å². The number of nitro benzene ring substituents is 1. The lowest BCUT2D eigenvalue weighted by Crippen LogP contribution is -2.28. The van der Waals surface area contributed by atoms with Crippen molar-refractivity contribution in [2.24, 2.45) is 5.16 Å². The van der Waals surface area contributed by atoms with E-state index in [1.165, 1.54) is 30.3 Å². The minimum atomic E-state index is -2.76. The van der Waals surface area contributed by atoms with Gasteiger partial charge >= 0.3 is 0 Å². The maximum atomic E-state index is 13.0. The normalized spacial score (nSPS) is 15.6. The number of carbonyl (C=O) groups is 1. The number of hydrogen-bond donors (Lipinski definition) is 1. The summed E-state index contributed by atoms with van der Waals surface area (Å²) in [6.07, 6.45) is -3.68. The molecule has 152 valence electrons. The van der Waals surface area contributed by atoms with Gasteiger partial charge < -0.3 is 14.9 Å². The molecule has 0 spiro atoms. The van der Waals surface area contributed by atoms with Crippen LogP contribution in [0.1, 0.15) is 12.0 Å². The quantitative estimate of drug-likeness (QED) is 0.557. The zero-order chi connectivity index (χ0) is 21.0. The van der Waals surface area contributed by atoms with Crippen molar-refractivity contribution in [2.75, 3.05) is 11.9 Å². The predicted molar refractivity (Wildman–Crippen MR) is 95.7 cm³/mol. The maximum Gasteiger partial charge on any atom is 0.275 e. The largest absolute Gasteiger partial charge is 0.487 e. The molecule has 11 heteroatoms. The highest BCUT2D eigenvalue weighted by Crippen LogP contribution is 2.27. The van der Waals surface area contributed by atoms with Crippen LogP contribution in [0, 0.1) is 15.9 Å². The second-order valence-electron chi connectivity index (χ2n) is 6.01. The first-order valence-electron chi connectivity index (χ1n) is 8.32. The summed E-state index contributed by atoms with van der Waals surface area (Å²) < 4.78 is 42.4. The van der Waals surface area contributed by atoms with Crippen LogP contribution >= 0.6 is 0 Å². The Hall–Kier alpha value is -3.63.